The molecule has 0 N–H and O–H groups in total. The number of rotatable bonds is 10. The van der Waals surface area contributed by atoms with Gasteiger partial charge in [0.05, 0.1) is 0 Å². The zero-order valence-electron chi connectivity index (χ0n) is 34.4. The van der Waals surface area contributed by atoms with Crippen LogP contribution in [-0.4, -0.2) is 0 Å². The summed E-state index contributed by atoms with van der Waals surface area (Å²) in [6.07, 6.45) is 4.38. The molecule has 0 aliphatic carbocycles. The van der Waals surface area contributed by atoms with Crippen molar-refractivity contribution in [3.63, 3.8) is 0 Å². The molecule has 0 fully saturated rings. The minimum Gasteiger partial charge on any atom is -0.310 e. The largest absolute Gasteiger partial charge is 0.310 e. The maximum atomic E-state index is 2.35. The molecule has 2 heteroatoms. The van der Waals surface area contributed by atoms with Crippen LogP contribution in [0.2, 0.25) is 0 Å². The van der Waals surface area contributed by atoms with Crippen LogP contribution in [-0.2, 0) is 0 Å². The van der Waals surface area contributed by atoms with Crippen LogP contribution in [0.25, 0.3) is 34.4 Å². The molecule has 8 aromatic rings. The topological polar surface area (TPSA) is 6.48 Å². The highest BCUT2D eigenvalue weighted by Crippen LogP contribution is 2.39. The first-order valence-electron chi connectivity index (χ1n) is 20.1. The first-order chi connectivity index (χ1) is 28.1. The fourth-order valence-corrected chi connectivity index (χ4v) is 7.96. The molecular weight excluding hydrogens is 701 g/mol. The molecule has 0 aliphatic heterocycles. The summed E-state index contributed by atoms with van der Waals surface area (Å²) >= 11 is 0. The van der Waals surface area contributed by atoms with E-state index in [9.17, 15) is 0 Å². The Labute approximate surface area is 345 Å². The molecule has 0 amide bonds. The van der Waals surface area contributed by atoms with Crippen molar-refractivity contribution in [3.8, 4) is 22.3 Å². The summed E-state index contributed by atoms with van der Waals surface area (Å²) < 4.78 is 0. The van der Waals surface area contributed by atoms with Crippen molar-refractivity contribution >= 4 is 46.3 Å². The Kier molecular flexibility index (Phi) is 10.9. The highest BCUT2D eigenvalue weighted by Gasteiger charge is 2.16. The van der Waals surface area contributed by atoms with E-state index in [1.54, 1.807) is 0 Å². The van der Waals surface area contributed by atoms with Gasteiger partial charge in [0.1, 0.15) is 0 Å². The van der Waals surface area contributed by atoms with E-state index in [0.29, 0.717) is 0 Å². The van der Waals surface area contributed by atoms with Crippen molar-refractivity contribution in [2.24, 2.45) is 0 Å². The van der Waals surface area contributed by atoms with Crippen LogP contribution in [0.5, 0.6) is 0 Å². The van der Waals surface area contributed by atoms with Crippen molar-refractivity contribution in [2.45, 2.75) is 41.5 Å². The molecule has 8 aromatic carbocycles. The van der Waals surface area contributed by atoms with E-state index in [-0.39, 0.29) is 0 Å². The third kappa shape index (κ3) is 8.73. The highest BCUT2D eigenvalue weighted by atomic mass is 15.1. The smallest absolute Gasteiger partial charge is 0.0466 e. The SMILES string of the molecule is Cc1cccc(N(c2ccc(-c3ccc(/C=C/c4ccc(-c5ccc(N(c6cccc(C)c6)c6cc(C)cc(C)c6)cc5)cc4)cc3)cc2)c2cc(C)cc(C)c2)c1. The number of nitrogens with zero attached hydrogens (tertiary/aromatic N) is 2. The fourth-order valence-electron chi connectivity index (χ4n) is 7.96. The lowest BCUT2D eigenvalue weighted by molar-refractivity contribution is 1.25. The summed E-state index contributed by atoms with van der Waals surface area (Å²) in [5.74, 6) is 0. The Hall–Kier alpha value is -6.90. The van der Waals surface area contributed by atoms with Gasteiger partial charge >= 0.3 is 0 Å². The van der Waals surface area contributed by atoms with Gasteiger partial charge in [-0.25, -0.2) is 0 Å². The van der Waals surface area contributed by atoms with Gasteiger partial charge in [-0.2, -0.15) is 0 Å². The van der Waals surface area contributed by atoms with Gasteiger partial charge in [0.25, 0.3) is 0 Å². The highest BCUT2D eigenvalue weighted by molar-refractivity contribution is 5.81. The van der Waals surface area contributed by atoms with Crippen molar-refractivity contribution in [2.75, 3.05) is 9.80 Å². The molecule has 0 heterocycles. The molecule has 0 bridgehead atoms. The van der Waals surface area contributed by atoms with Gasteiger partial charge in [-0.1, -0.05) is 121 Å². The summed E-state index contributed by atoms with van der Waals surface area (Å²) in [6.45, 7) is 13.0. The van der Waals surface area contributed by atoms with Crippen LogP contribution in [0.1, 0.15) is 44.5 Å². The molecule has 2 nitrogen and oxygen atoms in total. The van der Waals surface area contributed by atoms with Crippen LogP contribution in [0.4, 0.5) is 34.1 Å². The molecule has 0 aromatic heterocycles. The van der Waals surface area contributed by atoms with E-state index >= 15 is 0 Å². The summed E-state index contributed by atoms with van der Waals surface area (Å²) in [4.78, 5) is 4.70. The zero-order chi connectivity index (χ0) is 40.2. The Bertz CT molecular complexity index is 2470. The number of anilines is 6. The lowest BCUT2D eigenvalue weighted by Crippen LogP contribution is -2.10. The molecule has 8 rings (SSSR count). The Balaban J connectivity index is 0.958. The average molecular weight is 751 g/mol. The molecular formula is C56H50N2. The first kappa shape index (κ1) is 38.0. The van der Waals surface area contributed by atoms with Gasteiger partial charge in [0, 0.05) is 34.1 Å². The van der Waals surface area contributed by atoms with Gasteiger partial charge in [0.2, 0.25) is 0 Å². The van der Waals surface area contributed by atoms with Gasteiger partial charge in [-0.05, 0) is 181 Å². The van der Waals surface area contributed by atoms with Gasteiger partial charge < -0.3 is 9.80 Å². The van der Waals surface area contributed by atoms with Crippen LogP contribution in [0.15, 0.2) is 182 Å². The normalized spacial score (nSPS) is 11.2. The Morgan fingerprint density at radius 1 is 0.259 bits per heavy atom. The molecule has 58 heavy (non-hydrogen) atoms. The third-order valence-corrected chi connectivity index (χ3v) is 10.7. The van der Waals surface area contributed by atoms with E-state index in [1.807, 2.05) is 0 Å². The standard InChI is InChI=1S/C56H50N2/c1-39-9-7-11-53(33-39)57(55-35-41(3)31-42(4)36-55)51-27-23-49(24-28-51)47-19-15-45(16-20-47)13-14-46-17-21-48(22-18-46)50-25-29-52(30-26-50)58(54-12-8-10-40(2)34-54)56-37-43(5)32-44(6)38-56/h7-38H,1-6H3/b14-13+. The summed E-state index contributed by atoms with van der Waals surface area (Å²) in [6, 6.07) is 66.4. The minimum absolute atomic E-state index is 1.14. The number of hydrogen-bond donors (Lipinski definition) is 0. The molecule has 0 radical (unpaired) electrons. The third-order valence-electron chi connectivity index (χ3n) is 10.7. The van der Waals surface area contributed by atoms with Crippen LogP contribution in [0.3, 0.4) is 0 Å². The second-order valence-electron chi connectivity index (χ2n) is 15.7. The van der Waals surface area contributed by atoms with Crippen molar-refractivity contribution < 1.29 is 0 Å². The molecule has 0 saturated heterocycles. The summed E-state index contributed by atoms with van der Waals surface area (Å²) in [5, 5.41) is 0. The zero-order valence-corrected chi connectivity index (χ0v) is 34.4. The fraction of sp³-hybridized carbons (Fsp3) is 0.107. The predicted octanol–water partition coefficient (Wildman–Crippen LogP) is 16.0. The van der Waals surface area contributed by atoms with E-state index in [0.717, 1.165) is 22.7 Å². The quantitative estimate of drug-likeness (QED) is 0.128. The van der Waals surface area contributed by atoms with E-state index < -0.39 is 0 Å². The lowest BCUT2D eigenvalue weighted by atomic mass is 10.0. The second-order valence-corrected chi connectivity index (χ2v) is 15.7. The number of benzene rings is 8. The predicted molar refractivity (Wildman–Crippen MR) is 250 cm³/mol. The van der Waals surface area contributed by atoms with E-state index in [4.69, 9.17) is 0 Å². The van der Waals surface area contributed by atoms with Crippen LogP contribution in [0, 0.1) is 41.5 Å². The van der Waals surface area contributed by atoms with Crippen LogP contribution >= 0.6 is 0 Å². The van der Waals surface area contributed by atoms with Gasteiger partial charge in [-0.15, -0.1) is 0 Å². The second kappa shape index (κ2) is 16.7. The Morgan fingerprint density at radius 2 is 0.552 bits per heavy atom. The van der Waals surface area contributed by atoms with Gasteiger partial charge in [0.15, 0.2) is 0 Å². The maximum absolute atomic E-state index is 2.35. The molecule has 0 spiro atoms. The minimum atomic E-state index is 1.14. The van der Waals surface area contributed by atoms with Crippen molar-refractivity contribution in [3.05, 3.63) is 226 Å². The summed E-state index contributed by atoms with van der Waals surface area (Å²) in [5.41, 5.74) is 21.6. The number of aryl methyl sites for hydroxylation is 6. The van der Waals surface area contributed by atoms with Crippen molar-refractivity contribution in [1.82, 2.24) is 0 Å². The monoisotopic (exact) mass is 750 g/mol. The molecule has 0 saturated carbocycles. The first-order valence-corrected chi connectivity index (χ1v) is 20.1. The molecule has 0 atom stereocenters. The summed E-state index contributed by atoms with van der Waals surface area (Å²) in [7, 11) is 0. The molecule has 0 aliphatic rings. The molecule has 284 valence electrons. The van der Waals surface area contributed by atoms with E-state index in [2.05, 4.69) is 245 Å². The maximum Gasteiger partial charge on any atom is 0.0466 e. The average Bonchev–Trinajstić information content (AvgIpc) is 3.21. The van der Waals surface area contributed by atoms with Crippen molar-refractivity contribution in [1.29, 1.82) is 0 Å². The Morgan fingerprint density at radius 3 is 0.862 bits per heavy atom. The molecule has 0 unspecified atom stereocenters. The number of hydrogen-bond acceptors (Lipinski definition) is 2. The van der Waals surface area contributed by atoms with E-state index in [1.165, 1.54) is 78.1 Å². The lowest BCUT2D eigenvalue weighted by Gasteiger charge is -2.27. The van der Waals surface area contributed by atoms with Crippen LogP contribution < -0.4 is 9.80 Å². The van der Waals surface area contributed by atoms with Gasteiger partial charge in [-0.3, -0.25) is 0 Å².